The Morgan fingerprint density at radius 3 is 2.47 bits per heavy atom. The monoisotopic (exact) mass is 444 g/mol. The van der Waals surface area contributed by atoms with Gasteiger partial charge in [-0.05, 0) is 24.3 Å². The molecule has 0 bridgehead atoms. The first-order valence-electron chi connectivity index (χ1n) is 9.60. The number of carboxylic acids is 1. The molecule has 168 valence electrons. The second-order valence-corrected chi connectivity index (χ2v) is 7.19. The summed E-state index contributed by atoms with van der Waals surface area (Å²) in [6.45, 7) is 0. The number of fused-ring (bicyclic) bond motifs is 1. The zero-order chi connectivity index (χ0) is 23.0. The summed E-state index contributed by atoms with van der Waals surface area (Å²) < 4.78 is 21.8. The predicted octanol–water partition coefficient (Wildman–Crippen LogP) is 0.740. The van der Waals surface area contributed by atoms with Crippen molar-refractivity contribution < 1.29 is 43.8 Å². The minimum Gasteiger partial charge on any atom is -0.496 e. The highest BCUT2D eigenvalue weighted by atomic mass is 16.7. The maximum Gasteiger partial charge on any atom is 0.335 e. The van der Waals surface area contributed by atoms with Crippen molar-refractivity contribution in [3.05, 3.63) is 58.8 Å². The number of ether oxygens (including phenoxy) is 3. The van der Waals surface area contributed by atoms with Crippen molar-refractivity contribution in [2.45, 2.75) is 30.7 Å². The number of hydrogen-bond acceptors (Lipinski definition) is 9. The SMILES string of the molecule is COc1ccccc1-c1cc(=O)c2ccc(OC3O[C@H](C(=O)O)[C@@H](O)[C@H](O)[C@H]3O)cc2o1. The van der Waals surface area contributed by atoms with Gasteiger partial charge in [0.15, 0.2) is 11.5 Å². The topological polar surface area (TPSA) is 156 Å². The van der Waals surface area contributed by atoms with E-state index in [1.165, 1.54) is 31.4 Å². The second kappa shape index (κ2) is 8.60. The molecule has 0 spiro atoms. The minimum atomic E-state index is -1.83. The molecule has 10 heteroatoms. The molecule has 2 aromatic carbocycles. The molecule has 1 saturated heterocycles. The molecule has 0 saturated carbocycles. The predicted molar refractivity (Wildman–Crippen MR) is 109 cm³/mol. The molecule has 3 aromatic rings. The number of carboxylic acid groups (broad SMARTS) is 1. The van der Waals surface area contributed by atoms with Gasteiger partial charge in [0.05, 0.1) is 18.1 Å². The number of hydrogen-bond donors (Lipinski definition) is 4. The first-order valence-corrected chi connectivity index (χ1v) is 9.60. The lowest BCUT2D eigenvalue weighted by Gasteiger charge is -2.38. The summed E-state index contributed by atoms with van der Waals surface area (Å²) in [5.41, 5.74) is 0.418. The quantitative estimate of drug-likeness (QED) is 0.443. The Hall–Kier alpha value is -3.44. The molecule has 4 N–H and O–H groups in total. The number of aliphatic hydroxyl groups is 3. The van der Waals surface area contributed by atoms with E-state index in [0.717, 1.165) is 0 Å². The Labute approximate surface area is 180 Å². The normalized spacial score (nSPS) is 25.4. The van der Waals surface area contributed by atoms with Crippen molar-refractivity contribution in [2.24, 2.45) is 0 Å². The molecule has 0 aliphatic carbocycles. The Kier molecular flexibility index (Phi) is 5.85. The van der Waals surface area contributed by atoms with Gasteiger partial charge in [-0.15, -0.1) is 0 Å². The van der Waals surface area contributed by atoms with Crippen molar-refractivity contribution in [1.82, 2.24) is 0 Å². The number of aliphatic carboxylic acids is 1. The molecule has 5 atom stereocenters. The lowest BCUT2D eigenvalue weighted by Crippen LogP contribution is -2.61. The van der Waals surface area contributed by atoms with Crippen LogP contribution in [0.25, 0.3) is 22.3 Å². The Balaban J connectivity index is 1.69. The molecule has 1 aliphatic heterocycles. The van der Waals surface area contributed by atoms with E-state index < -0.39 is 36.7 Å². The molecule has 1 unspecified atom stereocenters. The van der Waals surface area contributed by atoms with Gasteiger partial charge in [-0.1, -0.05) is 12.1 Å². The Morgan fingerprint density at radius 1 is 1.00 bits per heavy atom. The first-order chi connectivity index (χ1) is 15.3. The Morgan fingerprint density at radius 2 is 1.75 bits per heavy atom. The van der Waals surface area contributed by atoms with Gasteiger partial charge in [0.25, 0.3) is 0 Å². The van der Waals surface area contributed by atoms with E-state index in [-0.39, 0.29) is 27.9 Å². The van der Waals surface area contributed by atoms with Crippen LogP contribution in [0.5, 0.6) is 11.5 Å². The van der Waals surface area contributed by atoms with Crippen LogP contribution in [0.15, 0.2) is 57.7 Å². The van der Waals surface area contributed by atoms with Crippen LogP contribution in [0.3, 0.4) is 0 Å². The highest BCUT2D eigenvalue weighted by molar-refractivity contribution is 5.81. The fourth-order valence-electron chi connectivity index (χ4n) is 3.47. The standard InChI is InChI=1S/C22H20O10/c1-29-14-5-3-2-4-12(14)16-9-13(23)11-7-6-10(8-15(11)31-16)30-22-19(26)17(24)18(25)20(32-22)21(27)28/h2-9,17-20,22,24-26H,1H3,(H,27,28)/t17-,18-,19+,20-,22?/m0/s1. The van der Waals surface area contributed by atoms with Crippen molar-refractivity contribution in [3.63, 3.8) is 0 Å². The van der Waals surface area contributed by atoms with Crippen LogP contribution in [-0.4, -0.2) is 64.2 Å². The minimum absolute atomic E-state index is 0.0783. The molecular formula is C22H20O10. The summed E-state index contributed by atoms with van der Waals surface area (Å²) in [5, 5.41) is 39.3. The van der Waals surface area contributed by atoms with E-state index in [2.05, 4.69) is 0 Å². The number of methoxy groups -OCH3 is 1. The third kappa shape index (κ3) is 3.92. The van der Waals surface area contributed by atoms with E-state index in [1.807, 2.05) is 0 Å². The molecule has 10 nitrogen and oxygen atoms in total. The van der Waals surface area contributed by atoms with Gasteiger partial charge in [0, 0.05) is 12.1 Å². The molecule has 0 amide bonds. The van der Waals surface area contributed by atoms with Gasteiger partial charge < -0.3 is 39.1 Å². The third-order valence-corrected chi connectivity index (χ3v) is 5.14. The lowest BCUT2D eigenvalue weighted by molar-refractivity contribution is -0.271. The van der Waals surface area contributed by atoms with Crippen LogP contribution in [-0.2, 0) is 9.53 Å². The van der Waals surface area contributed by atoms with Gasteiger partial charge >= 0.3 is 5.97 Å². The van der Waals surface area contributed by atoms with E-state index in [9.17, 15) is 24.9 Å². The first kappa shape index (κ1) is 21.8. The smallest absolute Gasteiger partial charge is 0.335 e. The second-order valence-electron chi connectivity index (χ2n) is 7.19. The molecular weight excluding hydrogens is 424 g/mol. The number of para-hydroxylation sites is 1. The van der Waals surface area contributed by atoms with Gasteiger partial charge in [0.2, 0.25) is 6.29 Å². The molecule has 1 fully saturated rings. The number of aliphatic hydroxyl groups excluding tert-OH is 3. The molecule has 1 aliphatic rings. The maximum atomic E-state index is 12.6. The average molecular weight is 444 g/mol. The van der Waals surface area contributed by atoms with Gasteiger partial charge in [0.1, 0.15) is 41.2 Å². The van der Waals surface area contributed by atoms with Crippen LogP contribution in [0.1, 0.15) is 0 Å². The summed E-state index contributed by atoms with van der Waals surface area (Å²) in [7, 11) is 1.50. The fourth-order valence-corrected chi connectivity index (χ4v) is 3.47. The summed E-state index contributed by atoms with van der Waals surface area (Å²) in [6.07, 6.45) is -8.74. The van der Waals surface area contributed by atoms with Crippen molar-refractivity contribution in [2.75, 3.05) is 7.11 Å². The fraction of sp³-hybridized carbons (Fsp3) is 0.273. The van der Waals surface area contributed by atoms with Crippen LogP contribution >= 0.6 is 0 Å². The van der Waals surface area contributed by atoms with Crippen molar-refractivity contribution in [3.8, 4) is 22.8 Å². The van der Waals surface area contributed by atoms with Crippen molar-refractivity contribution >= 4 is 16.9 Å². The molecule has 32 heavy (non-hydrogen) atoms. The maximum absolute atomic E-state index is 12.6. The molecule has 4 rings (SSSR count). The third-order valence-electron chi connectivity index (χ3n) is 5.14. The molecule has 0 radical (unpaired) electrons. The number of benzene rings is 2. The summed E-state index contributed by atoms with van der Waals surface area (Å²) >= 11 is 0. The summed E-state index contributed by atoms with van der Waals surface area (Å²) in [6, 6.07) is 12.6. The Bertz CT molecular complexity index is 1200. The zero-order valence-electron chi connectivity index (χ0n) is 16.7. The lowest BCUT2D eigenvalue weighted by atomic mass is 9.99. The van der Waals surface area contributed by atoms with Crippen LogP contribution in [0.2, 0.25) is 0 Å². The molecule has 1 aromatic heterocycles. The van der Waals surface area contributed by atoms with E-state index >= 15 is 0 Å². The average Bonchev–Trinajstić information content (AvgIpc) is 2.78. The van der Waals surface area contributed by atoms with Crippen LogP contribution in [0, 0.1) is 0 Å². The highest BCUT2D eigenvalue weighted by Crippen LogP contribution is 2.32. The number of rotatable bonds is 5. The van der Waals surface area contributed by atoms with Crippen LogP contribution < -0.4 is 14.9 Å². The van der Waals surface area contributed by atoms with Gasteiger partial charge in [-0.2, -0.15) is 0 Å². The molecule has 2 heterocycles. The van der Waals surface area contributed by atoms with Gasteiger partial charge in [-0.25, -0.2) is 4.79 Å². The number of carbonyl (C=O) groups is 1. The van der Waals surface area contributed by atoms with E-state index in [0.29, 0.717) is 11.3 Å². The van der Waals surface area contributed by atoms with E-state index in [4.69, 9.17) is 23.7 Å². The van der Waals surface area contributed by atoms with E-state index in [1.54, 1.807) is 24.3 Å². The largest absolute Gasteiger partial charge is 0.496 e. The summed E-state index contributed by atoms with van der Waals surface area (Å²) in [5.74, 6) is -0.679. The summed E-state index contributed by atoms with van der Waals surface area (Å²) in [4.78, 5) is 23.8. The highest BCUT2D eigenvalue weighted by Gasteiger charge is 2.48. The van der Waals surface area contributed by atoms with Crippen molar-refractivity contribution in [1.29, 1.82) is 0 Å². The zero-order valence-corrected chi connectivity index (χ0v) is 16.7. The van der Waals surface area contributed by atoms with Crippen LogP contribution in [0.4, 0.5) is 0 Å². The van der Waals surface area contributed by atoms with Gasteiger partial charge in [-0.3, -0.25) is 4.79 Å².